The number of oxazole rings is 1. The lowest BCUT2D eigenvalue weighted by atomic mass is 10.2. The zero-order chi connectivity index (χ0) is 20.1. The van der Waals surface area contributed by atoms with E-state index in [2.05, 4.69) is 10.3 Å². The number of carbonyl (C=O) groups is 1. The van der Waals surface area contributed by atoms with Crippen LogP contribution in [0.5, 0.6) is 11.5 Å². The van der Waals surface area contributed by atoms with Crippen molar-refractivity contribution in [1.29, 1.82) is 0 Å². The molecule has 0 atom stereocenters. The molecular formula is C20H18F2N2O4. The lowest BCUT2D eigenvalue weighted by molar-refractivity contribution is -0.116. The first-order valence-corrected chi connectivity index (χ1v) is 8.42. The van der Waals surface area contributed by atoms with Crippen LogP contribution >= 0.6 is 0 Å². The van der Waals surface area contributed by atoms with E-state index in [9.17, 15) is 13.6 Å². The number of methoxy groups -OCH3 is 2. The molecule has 0 aliphatic rings. The van der Waals surface area contributed by atoms with Crippen LogP contribution in [0.1, 0.15) is 12.3 Å². The molecule has 0 fully saturated rings. The Labute approximate surface area is 160 Å². The summed E-state index contributed by atoms with van der Waals surface area (Å²) in [5, 5.41) is 2.75. The van der Waals surface area contributed by atoms with Crippen LogP contribution in [-0.2, 0) is 11.2 Å². The Kier molecular flexibility index (Phi) is 5.88. The van der Waals surface area contributed by atoms with Crippen LogP contribution in [-0.4, -0.2) is 25.1 Å². The average Bonchev–Trinajstić information content (AvgIpc) is 3.15. The minimum atomic E-state index is -0.742. The van der Waals surface area contributed by atoms with E-state index in [-0.39, 0.29) is 36.0 Å². The van der Waals surface area contributed by atoms with Gasteiger partial charge in [-0.1, -0.05) is 0 Å². The van der Waals surface area contributed by atoms with Crippen molar-refractivity contribution in [3.63, 3.8) is 0 Å². The van der Waals surface area contributed by atoms with Gasteiger partial charge in [0.05, 0.1) is 26.0 Å². The van der Waals surface area contributed by atoms with E-state index in [1.165, 1.54) is 26.5 Å². The van der Waals surface area contributed by atoms with Gasteiger partial charge in [-0.2, -0.15) is 0 Å². The minimum absolute atomic E-state index is 0.106. The van der Waals surface area contributed by atoms with E-state index < -0.39 is 11.6 Å². The highest BCUT2D eigenvalue weighted by Crippen LogP contribution is 2.30. The molecule has 1 N–H and O–H groups in total. The Morgan fingerprint density at radius 1 is 1.11 bits per heavy atom. The van der Waals surface area contributed by atoms with Gasteiger partial charge in [-0.05, 0) is 24.3 Å². The van der Waals surface area contributed by atoms with Crippen LogP contribution in [0.4, 0.5) is 14.5 Å². The van der Waals surface area contributed by atoms with E-state index in [4.69, 9.17) is 13.9 Å². The van der Waals surface area contributed by atoms with Crippen LogP contribution in [0, 0.1) is 11.6 Å². The summed E-state index contributed by atoms with van der Waals surface area (Å²) in [6, 6.07) is 8.22. The number of halogens is 2. The summed E-state index contributed by atoms with van der Waals surface area (Å²) in [5.74, 6) is -0.157. The lowest BCUT2D eigenvalue weighted by Crippen LogP contribution is -2.12. The highest BCUT2D eigenvalue weighted by atomic mass is 19.1. The third-order valence-electron chi connectivity index (χ3n) is 3.98. The van der Waals surface area contributed by atoms with Crippen LogP contribution in [0.15, 0.2) is 47.0 Å². The minimum Gasteiger partial charge on any atom is -0.493 e. The monoisotopic (exact) mass is 388 g/mol. The maximum Gasteiger partial charge on any atom is 0.224 e. The summed E-state index contributed by atoms with van der Waals surface area (Å²) in [5.41, 5.74) is 0.666. The summed E-state index contributed by atoms with van der Waals surface area (Å²) in [6.45, 7) is 0. The fraction of sp³-hybridized carbons (Fsp3) is 0.200. The number of carbonyl (C=O) groups excluding carboxylic acids is 1. The number of nitrogens with zero attached hydrogens (tertiary/aromatic N) is 1. The van der Waals surface area contributed by atoms with Crippen molar-refractivity contribution in [3.8, 4) is 22.8 Å². The largest absolute Gasteiger partial charge is 0.493 e. The second-order valence-corrected chi connectivity index (χ2v) is 5.86. The number of amides is 1. The molecule has 1 amide bonds. The van der Waals surface area contributed by atoms with Crippen LogP contribution in [0.3, 0.4) is 0 Å². The van der Waals surface area contributed by atoms with Crippen LogP contribution in [0.25, 0.3) is 11.3 Å². The summed E-state index contributed by atoms with van der Waals surface area (Å²) in [7, 11) is 3.03. The number of hydrogen-bond acceptors (Lipinski definition) is 5. The first kappa shape index (κ1) is 19.3. The van der Waals surface area contributed by atoms with E-state index in [0.717, 1.165) is 12.1 Å². The second-order valence-electron chi connectivity index (χ2n) is 5.86. The van der Waals surface area contributed by atoms with Gasteiger partial charge in [0, 0.05) is 30.7 Å². The van der Waals surface area contributed by atoms with Gasteiger partial charge in [0.25, 0.3) is 0 Å². The molecule has 28 heavy (non-hydrogen) atoms. The van der Waals surface area contributed by atoms with Crippen molar-refractivity contribution in [2.75, 3.05) is 19.5 Å². The van der Waals surface area contributed by atoms with Crippen molar-refractivity contribution in [1.82, 2.24) is 4.98 Å². The lowest BCUT2D eigenvalue weighted by Gasteiger charge is -2.10. The van der Waals surface area contributed by atoms with Crippen molar-refractivity contribution >= 4 is 11.6 Å². The Balaban J connectivity index is 1.60. The van der Waals surface area contributed by atoms with E-state index in [0.29, 0.717) is 17.2 Å². The van der Waals surface area contributed by atoms with Gasteiger partial charge < -0.3 is 19.2 Å². The molecule has 0 unspecified atom stereocenters. The van der Waals surface area contributed by atoms with Gasteiger partial charge in [0.1, 0.15) is 11.6 Å². The molecule has 0 aliphatic carbocycles. The predicted octanol–water partition coefficient (Wildman–Crippen LogP) is 4.21. The fourth-order valence-electron chi connectivity index (χ4n) is 2.60. The van der Waals surface area contributed by atoms with Crippen molar-refractivity contribution in [3.05, 3.63) is 60.1 Å². The SMILES string of the molecule is COc1ccc(NC(=O)CCc2ncc(-c3ccc(F)cc3F)o2)cc1OC. The van der Waals surface area contributed by atoms with Gasteiger partial charge in [-0.3, -0.25) is 4.79 Å². The Morgan fingerprint density at radius 3 is 2.61 bits per heavy atom. The molecule has 3 rings (SSSR count). The third kappa shape index (κ3) is 4.46. The predicted molar refractivity (Wildman–Crippen MR) is 98.4 cm³/mol. The molecule has 1 heterocycles. The summed E-state index contributed by atoms with van der Waals surface area (Å²) in [6.07, 6.45) is 1.68. The molecule has 0 spiro atoms. The van der Waals surface area contributed by atoms with Crippen molar-refractivity contribution in [2.45, 2.75) is 12.8 Å². The number of rotatable bonds is 7. The maximum atomic E-state index is 13.8. The van der Waals surface area contributed by atoms with Gasteiger partial charge in [0.2, 0.25) is 5.91 Å². The molecule has 3 aromatic rings. The average molecular weight is 388 g/mol. The number of aryl methyl sites for hydroxylation is 1. The summed E-state index contributed by atoms with van der Waals surface area (Å²) >= 11 is 0. The third-order valence-corrected chi connectivity index (χ3v) is 3.98. The molecule has 0 radical (unpaired) electrons. The zero-order valence-corrected chi connectivity index (χ0v) is 15.3. The first-order valence-electron chi connectivity index (χ1n) is 8.42. The molecule has 1 aromatic heterocycles. The molecule has 0 saturated heterocycles. The van der Waals surface area contributed by atoms with E-state index >= 15 is 0 Å². The smallest absolute Gasteiger partial charge is 0.224 e. The maximum absolute atomic E-state index is 13.8. The summed E-state index contributed by atoms with van der Waals surface area (Å²) in [4.78, 5) is 16.2. The molecular weight excluding hydrogens is 370 g/mol. The Hall–Kier alpha value is -3.42. The van der Waals surface area contributed by atoms with Crippen LogP contribution < -0.4 is 14.8 Å². The molecule has 0 saturated carbocycles. The van der Waals surface area contributed by atoms with E-state index in [1.807, 2.05) is 0 Å². The molecule has 8 heteroatoms. The zero-order valence-electron chi connectivity index (χ0n) is 15.3. The summed E-state index contributed by atoms with van der Waals surface area (Å²) < 4.78 is 42.6. The Bertz CT molecular complexity index is 988. The molecule has 0 aliphatic heterocycles. The number of anilines is 1. The van der Waals surface area contributed by atoms with E-state index in [1.54, 1.807) is 18.2 Å². The number of benzene rings is 2. The number of hydrogen-bond donors (Lipinski definition) is 1. The highest BCUT2D eigenvalue weighted by molar-refractivity contribution is 5.91. The fourth-order valence-corrected chi connectivity index (χ4v) is 2.60. The van der Waals surface area contributed by atoms with Gasteiger partial charge in [-0.15, -0.1) is 0 Å². The molecule has 6 nitrogen and oxygen atoms in total. The van der Waals surface area contributed by atoms with Gasteiger partial charge >= 0.3 is 0 Å². The highest BCUT2D eigenvalue weighted by Gasteiger charge is 2.13. The molecule has 2 aromatic carbocycles. The normalized spacial score (nSPS) is 10.6. The Morgan fingerprint density at radius 2 is 1.89 bits per heavy atom. The quantitative estimate of drug-likeness (QED) is 0.656. The molecule has 0 bridgehead atoms. The topological polar surface area (TPSA) is 73.6 Å². The van der Waals surface area contributed by atoms with Crippen molar-refractivity contribution < 1.29 is 27.5 Å². The number of ether oxygens (including phenoxy) is 2. The number of aromatic nitrogens is 1. The second kappa shape index (κ2) is 8.51. The van der Waals surface area contributed by atoms with Gasteiger partial charge in [-0.25, -0.2) is 13.8 Å². The standard InChI is InChI=1S/C20H18F2N2O4/c1-26-16-6-4-13(10-17(16)27-2)24-19(25)7-8-20-23-11-18(28-20)14-5-3-12(21)9-15(14)22/h3-6,9-11H,7-8H2,1-2H3,(H,24,25). The van der Waals surface area contributed by atoms with Crippen LogP contribution in [0.2, 0.25) is 0 Å². The van der Waals surface area contributed by atoms with Gasteiger partial charge in [0.15, 0.2) is 23.1 Å². The first-order chi connectivity index (χ1) is 13.5. The molecule has 146 valence electrons. The van der Waals surface area contributed by atoms with Crippen molar-refractivity contribution in [2.24, 2.45) is 0 Å². The number of nitrogens with one attached hydrogen (secondary N) is 1.